The second-order valence-corrected chi connectivity index (χ2v) is 5.93. The molecule has 0 aliphatic rings. The molecule has 0 aliphatic carbocycles. The van der Waals surface area contributed by atoms with E-state index in [0.29, 0.717) is 6.04 Å². The molecule has 0 fully saturated rings. The summed E-state index contributed by atoms with van der Waals surface area (Å²) in [4.78, 5) is 2.50. The van der Waals surface area contributed by atoms with Gasteiger partial charge in [-0.1, -0.05) is 37.6 Å². The molecule has 0 saturated carbocycles. The van der Waals surface area contributed by atoms with Crippen molar-refractivity contribution >= 4 is 11.6 Å². The molecule has 1 rings (SSSR count). The second kappa shape index (κ2) is 7.28. The van der Waals surface area contributed by atoms with Crippen LogP contribution in [0.1, 0.15) is 33.3 Å². The highest BCUT2D eigenvalue weighted by Crippen LogP contribution is 2.22. The van der Waals surface area contributed by atoms with Crippen LogP contribution in [0.2, 0.25) is 5.02 Å². The third kappa shape index (κ3) is 4.20. The van der Waals surface area contributed by atoms with Gasteiger partial charge in [-0.25, -0.2) is 0 Å². The smallest absolute Gasteiger partial charge is 0.0406 e. The highest BCUT2D eigenvalue weighted by molar-refractivity contribution is 6.30. The van der Waals surface area contributed by atoms with Crippen LogP contribution >= 0.6 is 11.6 Å². The molecule has 0 bridgehead atoms. The van der Waals surface area contributed by atoms with Gasteiger partial charge in [-0.3, -0.25) is 4.90 Å². The molecule has 2 nitrogen and oxygen atoms in total. The van der Waals surface area contributed by atoms with Crippen molar-refractivity contribution in [3.8, 4) is 0 Å². The average Bonchev–Trinajstić information content (AvgIpc) is 2.38. The summed E-state index contributed by atoms with van der Waals surface area (Å²) in [5.41, 5.74) is 1.45. The van der Waals surface area contributed by atoms with Gasteiger partial charge in [0, 0.05) is 16.6 Å². The SMILES string of the molecule is CCN(CC)C(C)(C)C(Cc1ccc(Cl)cc1)NC. The highest BCUT2D eigenvalue weighted by Gasteiger charge is 2.32. The normalized spacial score (nSPS) is 13.8. The van der Waals surface area contributed by atoms with Crippen molar-refractivity contribution in [2.24, 2.45) is 0 Å². The van der Waals surface area contributed by atoms with Crippen molar-refractivity contribution in [2.75, 3.05) is 20.1 Å². The number of rotatable bonds is 7. The van der Waals surface area contributed by atoms with E-state index in [4.69, 9.17) is 11.6 Å². The maximum Gasteiger partial charge on any atom is 0.0406 e. The fourth-order valence-corrected chi connectivity index (χ4v) is 2.95. The van der Waals surface area contributed by atoms with Crippen LogP contribution in [0.25, 0.3) is 0 Å². The van der Waals surface area contributed by atoms with Gasteiger partial charge in [0.05, 0.1) is 0 Å². The molecule has 1 aromatic carbocycles. The molecule has 0 saturated heterocycles. The summed E-state index contributed by atoms with van der Waals surface area (Å²) >= 11 is 5.94. The molecular formula is C16H27ClN2. The van der Waals surface area contributed by atoms with Crippen LogP contribution in [0.15, 0.2) is 24.3 Å². The topological polar surface area (TPSA) is 15.3 Å². The molecule has 19 heavy (non-hydrogen) atoms. The van der Waals surface area contributed by atoms with Crippen molar-refractivity contribution in [1.82, 2.24) is 10.2 Å². The molecule has 108 valence electrons. The predicted molar refractivity (Wildman–Crippen MR) is 85.0 cm³/mol. The number of benzene rings is 1. The van der Waals surface area contributed by atoms with E-state index in [0.717, 1.165) is 24.5 Å². The van der Waals surface area contributed by atoms with Crippen LogP contribution in [0.4, 0.5) is 0 Å². The van der Waals surface area contributed by atoms with E-state index in [-0.39, 0.29) is 5.54 Å². The first-order valence-corrected chi connectivity index (χ1v) is 7.50. The lowest BCUT2D eigenvalue weighted by atomic mass is 9.87. The first-order valence-electron chi connectivity index (χ1n) is 7.12. The van der Waals surface area contributed by atoms with E-state index in [2.05, 4.69) is 50.0 Å². The Morgan fingerprint density at radius 3 is 2.11 bits per heavy atom. The maximum absolute atomic E-state index is 5.94. The quantitative estimate of drug-likeness (QED) is 0.822. The van der Waals surface area contributed by atoms with Crippen LogP contribution in [-0.4, -0.2) is 36.6 Å². The van der Waals surface area contributed by atoms with Crippen LogP contribution in [0.5, 0.6) is 0 Å². The Morgan fingerprint density at radius 1 is 1.16 bits per heavy atom. The van der Waals surface area contributed by atoms with Gasteiger partial charge in [-0.2, -0.15) is 0 Å². The van der Waals surface area contributed by atoms with Gasteiger partial charge >= 0.3 is 0 Å². The van der Waals surface area contributed by atoms with E-state index < -0.39 is 0 Å². The standard InChI is InChI=1S/C16H27ClN2/c1-6-19(7-2)16(3,4)15(18-5)12-13-8-10-14(17)11-9-13/h8-11,15,18H,6-7,12H2,1-5H3. The second-order valence-electron chi connectivity index (χ2n) is 5.50. The van der Waals surface area contributed by atoms with Gasteiger partial charge in [0.1, 0.15) is 0 Å². The molecule has 3 heteroatoms. The van der Waals surface area contributed by atoms with E-state index in [1.54, 1.807) is 0 Å². The van der Waals surface area contributed by atoms with Crippen molar-refractivity contribution in [3.63, 3.8) is 0 Å². The minimum Gasteiger partial charge on any atom is -0.315 e. The summed E-state index contributed by atoms with van der Waals surface area (Å²) < 4.78 is 0. The molecule has 0 radical (unpaired) electrons. The van der Waals surface area contributed by atoms with E-state index in [1.165, 1.54) is 5.56 Å². The Labute approximate surface area is 123 Å². The number of halogens is 1. The lowest BCUT2D eigenvalue weighted by Gasteiger charge is -2.43. The Balaban J connectivity index is 2.84. The Hall–Kier alpha value is -0.570. The van der Waals surface area contributed by atoms with Crippen molar-refractivity contribution in [1.29, 1.82) is 0 Å². The zero-order chi connectivity index (χ0) is 14.5. The molecule has 0 aliphatic heterocycles. The van der Waals surface area contributed by atoms with Crippen LogP contribution in [0.3, 0.4) is 0 Å². The number of hydrogen-bond acceptors (Lipinski definition) is 2. The molecule has 1 N–H and O–H groups in total. The summed E-state index contributed by atoms with van der Waals surface area (Å²) in [5.74, 6) is 0. The molecule has 0 amide bonds. The average molecular weight is 283 g/mol. The summed E-state index contributed by atoms with van der Waals surface area (Å²) in [6.45, 7) is 11.2. The third-order valence-corrected chi connectivity index (χ3v) is 4.38. The molecule has 0 spiro atoms. The van der Waals surface area contributed by atoms with Crippen molar-refractivity contribution in [3.05, 3.63) is 34.9 Å². The van der Waals surface area contributed by atoms with Gasteiger partial charge in [0.15, 0.2) is 0 Å². The fourth-order valence-electron chi connectivity index (χ4n) is 2.82. The first kappa shape index (κ1) is 16.5. The summed E-state index contributed by atoms with van der Waals surface area (Å²) in [6.07, 6.45) is 1.01. The summed E-state index contributed by atoms with van der Waals surface area (Å²) in [6, 6.07) is 8.58. The fraction of sp³-hybridized carbons (Fsp3) is 0.625. The molecule has 1 aromatic rings. The Bertz CT molecular complexity index is 369. The van der Waals surface area contributed by atoms with Crippen molar-refractivity contribution < 1.29 is 0 Å². The van der Waals surface area contributed by atoms with Gasteiger partial charge in [-0.15, -0.1) is 0 Å². The van der Waals surface area contributed by atoms with Gasteiger partial charge < -0.3 is 5.32 Å². The van der Waals surface area contributed by atoms with E-state index in [1.807, 2.05) is 19.2 Å². The molecule has 0 heterocycles. The minimum atomic E-state index is 0.123. The monoisotopic (exact) mass is 282 g/mol. The third-order valence-electron chi connectivity index (χ3n) is 4.13. The largest absolute Gasteiger partial charge is 0.315 e. The molecular weight excluding hydrogens is 256 g/mol. The van der Waals surface area contributed by atoms with E-state index in [9.17, 15) is 0 Å². The van der Waals surface area contributed by atoms with Crippen LogP contribution in [-0.2, 0) is 6.42 Å². The van der Waals surface area contributed by atoms with E-state index >= 15 is 0 Å². The van der Waals surface area contributed by atoms with Crippen LogP contribution in [0, 0.1) is 0 Å². The number of nitrogens with one attached hydrogen (secondary N) is 1. The summed E-state index contributed by atoms with van der Waals surface area (Å²) in [7, 11) is 2.05. The predicted octanol–water partition coefficient (Wildman–Crippen LogP) is 3.59. The Morgan fingerprint density at radius 2 is 1.68 bits per heavy atom. The molecule has 0 aromatic heterocycles. The number of likely N-dealkylation sites (N-methyl/N-ethyl adjacent to an activating group) is 2. The lowest BCUT2D eigenvalue weighted by molar-refractivity contribution is 0.0944. The maximum atomic E-state index is 5.94. The Kier molecular flexibility index (Phi) is 6.31. The lowest BCUT2D eigenvalue weighted by Crippen LogP contribution is -2.57. The van der Waals surface area contributed by atoms with Gasteiger partial charge in [0.25, 0.3) is 0 Å². The number of hydrogen-bond donors (Lipinski definition) is 1. The van der Waals surface area contributed by atoms with Crippen LogP contribution < -0.4 is 5.32 Å². The highest BCUT2D eigenvalue weighted by atomic mass is 35.5. The van der Waals surface area contributed by atoms with Gasteiger partial charge in [0.2, 0.25) is 0 Å². The number of nitrogens with zero attached hydrogens (tertiary/aromatic N) is 1. The zero-order valence-corrected chi connectivity index (χ0v) is 13.6. The first-order chi connectivity index (χ1) is 8.95. The zero-order valence-electron chi connectivity index (χ0n) is 12.8. The minimum absolute atomic E-state index is 0.123. The van der Waals surface area contributed by atoms with Crippen molar-refractivity contribution in [2.45, 2.75) is 45.7 Å². The molecule has 1 atom stereocenters. The summed E-state index contributed by atoms with van der Waals surface area (Å²) in [5, 5.41) is 4.28. The molecule has 1 unspecified atom stereocenters. The van der Waals surface area contributed by atoms with Gasteiger partial charge in [-0.05, 0) is 58.1 Å².